The molecule has 0 saturated heterocycles. The first-order chi connectivity index (χ1) is 10.8. The molecule has 112 valence electrons. The number of benzene rings is 2. The van der Waals surface area contributed by atoms with Gasteiger partial charge in [-0.3, -0.25) is 0 Å². The summed E-state index contributed by atoms with van der Waals surface area (Å²) in [7, 11) is 3.85. The number of hydrogen-bond donors (Lipinski definition) is 1. The Morgan fingerprint density at radius 3 is 2.55 bits per heavy atom. The van der Waals surface area contributed by atoms with E-state index in [4.69, 9.17) is 9.73 Å². The number of nitrogens with one attached hydrogen (secondary N) is 1. The normalized spacial score (nSPS) is 25.8. The zero-order valence-electron chi connectivity index (χ0n) is 12.7. The molecule has 2 aromatic rings. The van der Waals surface area contributed by atoms with Gasteiger partial charge in [0.15, 0.2) is 5.90 Å². The third kappa shape index (κ3) is 1.87. The molecule has 4 rings (SSSR count). The van der Waals surface area contributed by atoms with E-state index in [9.17, 15) is 0 Å². The van der Waals surface area contributed by atoms with E-state index in [1.807, 2.05) is 12.1 Å². The molecule has 2 aromatic carbocycles. The van der Waals surface area contributed by atoms with Gasteiger partial charge < -0.3 is 15.0 Å². The molecular formula is C18H19N3O. The molecule has 1 N–H and O–H groups in total. The number of fused-ring (bicyclic) bond motifs is 2. The minimum absolute atomic E-state index is 0.0139. The summed E-state index contributed by atoms with van der Waals surface area (Å²) in [6.07, 6.45) is 0.0139. The van der Waals surface area contributed by atoms with E-state index in [0.29, 0.717) is 0 Å². The van der Waals surface area contributed by atoms with Crippen molar-refractivity contribution < 1.29 is 4.74 Å². The van der Waals surface area contributed by atoms with Crippen molar-refractivity contribution in [3.63, 3.8) is 0 Å². The van der Waals surface area contributed by atoms with Crippen molar-refractivity contribution in [3.05, 3.63) is 60.2 Å². The van der Waals surface area contributed by atoms with Crippen molar-refractivity contribution in [1.29, 1.82) is 0 Å². The summed E-state index contributed by atoms with van der Waals surface area (Å²) < 4.78 is 5.60. The lowest BCUT2D eigenvalue weighted by atomic mass is 9.89. The average molecular weight is 293 g/mol. The fraction of sp³-hybridized carbons (Fsp3) is 0.278. The highest BCUT2D eigenvalue weighted by Crippen LogP contribution is 2.42. The van der Waals surface area contributed by atoms with E-state index in [-0.39, 0.29) is 18.1 Å². The number of likely N-dealkylation sites (N-methyl/N-ethyl adjacent to an activating group) is 1. The number of anilines is 2. The van der Waals surface area contributed by atoms with E-state index in [0.717, 1.165) is 11.6 Å². The zero-order chi connectivity index (χ0) is 15.1. The van der Waals surface area contributed by atoms with Gasteiger partial charge in [-0.05, 0) is 17.7 Å². The Labute approximate surface area is 130 Å². The van der Waals surface area contributed by atoms with E-state index in [1.54, 1.807) is 7.11 Å². The van der Waals surface area contributed by atoms with Crippen molar-refractivity contribution in [2.24, 2.45) is 4.99 Å². The lowest BCUT2D eigenvalue weighted by Gasteiger charge is -2.40. The van der Waals surface area contributed by atoms with Crippen LogP contribution in [0.3, 0.4) is 0 Å². The summed E-state index contributed by atoms with van der Waals surface area (Å²) in [5.41, 5.74) is 3.57. The predicted octanol–water partition coefficient (Wildman–Crippen LogP) is 3.09. The molecule has 0 saturated carbocycles. The van der Waals surface area contributed by atoms with Gasteiger partial charge in [0.2, 0.25) is 0 Å². The molecule has 2 heterocycles. The molecule has 0 fully saturated rings. The van der Waals surface area contributed by atoms with Crippen molar-refractivity contribution in [2.75, 3.05) is 24.4 Å². The molecule has 4 heteroatoms. The monoisotopic (exact) mass is 293 g/mol. The number of hydrogen-bond acceptors (Lipinski definition) is 4. The quantitative estimate of drug-likeness (QED) is 0.878. The highest BCUT2D eigenvalue weighted by Gasteiger charge is 2.46. The Morgan fingerprint density at radius 2 is 1.77 bits per heavy atom. The molecule has 0 bridgehead atoms. The minimum atomic E-state index is 0.0139. The number of para-hydroxylation sites is 2. The third-order valence-electron chi connectivity index (χ3n) is 4.60. The zero-order valence-corrected chi connectivity index (χ0v) is 12.7. The molecule has 0 unspecified atom stereocenters. The first-order valence-electron chi connectivity index (χ1n) is 7.54. The van der Waals surface area contributed by atoms with Gasteiger partial charge in [0.05, 0.1) is 30.4 Å². The van der Waals surface area contributed by atoms with Gasteiger partial charge in [-0.25, -0.2) is 4.99 Å². The minimum Gasteiger partial charge on any atom is -0.484 e. The Kier molecular flexibility index (Phi) is 3.03. The fourth-order valence-electron chi connectivity index (χ4n) is 3.58. The molecule has 0 spiro atoms. The molecule has 4 nitrogen and oxygen atoms in total. The number of ether oxygens (including phenoxy) is 1. The van der Waals surface area contributed by atoms with Crippen LogP contribution >= 0.6 is 0 Å². The van der Waals surface area contributed by atoms with Crippen LogP contribution in [0.4, 0.5) is 11.4 Å². The van der Waals surface area contributed by atoms with Crippen molar-refractivity contribution in [2.45, 2.75) is 18.1 Å². The van der Waals surface area contributed by atoms with E-state index in [1.165, 1.54) is 11.3 Å². The first kappa shape index (κ1) is 13.2. The summed E-state index contributed by atoms with van der Waals surface area (Å²) in [6.45, 7) is 0. The third-order valence-corrected chi connectivity index (χ3v) is 4.60. The average Bonchev–Trinajstić information content (AvgIpc) is 2.94. The van der Waals surface area contributed by atoms with Gasteiger partial charge in [0.25, 0.3) is 0 Å². The molecular weight excluding hydrogens is 274 g/mol. The molecule has 0 aromatic heterocycles. The summed E-state index contributed by atoms with van der Waals surface area (Å²) >= 11 is 0. The van der Waals surface area contributed by atoms with Crippen LogP contribution in [0.2, 0.25) is 0 Å². The van der Waals surface area contributed by atoms with Gasteiger partial charge in [-0.2, -0.15) is 0 Å². The number of methoxy groups -OCH3 is 1. The predicted molar refractivity (Wildman–Crippen MR) is 89.7 cm³/mol. The van der Waals surface area contributed by atoms with Crippen LogP contribution in [0.5, 0.6) is 0 Å². The Morgan fingerprint density at radius 1 is 1.05 bits per heavy atom. The van der Waals surface area contributed by atoms with Crippen LogP contribution in [0.25, 0.3) is 0 Å². The Hall–Kier alpha value is -2.49. The maximum atomic E-state index is 5.60. The maximum absolute atomic E-state index is 5.60. The largest absolute Gasteiger partial charge is 0.484 e. The van der Waals surface area contributed by atoms with Crippen molar-refractivity contribution in [3.8, 4) is 0 Å². The number of aliphatic imine (C=N–C) groups is 1. The smallest absolute Gasteiger partial charge is 0.195 e. The topological polar surface area (TPSA) is 36.9 Å². The van der Waals surface area contributed by atoms with E-state index >= 15 is 0 Å². The summed E-state index contributed by atoms with van der Waals surface area (Å²) in [5, 5.41) is 3.54. The number of nitrogens with zero attached hydrogens (tertiary/aromatic N) is 2. The molecule has 0 aliphatic carbocycles. The fourth-order valence-corrected chi connectivity index (χ4v) is 3.58. The molecule has 0 radical (unpaired) electrons. The van der Waals surface area contributed by atoms with Crippen molar-refractivity contribution in [1.82, 2.24) is 0 Å². The second-order valence-electron chi connectivity index (χ2n) is 5.77. The number of rotatable bonds is 1. The maximum Gasteiger partial charge on any atom is 0.195 e. The van der Waals surface area contributed by atoms with Gasteiger partial charge in [0.1, 0.15) is 6.17 Å². The Balaban J connectivity index is 1.79. The van der Waals surface area contributed by atoms with Crippen LogP contribution in [0.1, 0.15) is 11.5 Å². The summed E-state index contributed by atoms with van der Waals surface area (Å²) in [5.74, 6) is 0.940. The van der Waals surface area contributed by atoms with Gasteiger partial charge in [0, 0.05) is 7.05 Å². The lowest BCUT2D eigenvalue weighted by molar-refractivity contribution is 0.383. The molecule has 3 atom stereocenters. The second-order valence-corrected chi connectivity index (χ2v) is 5.77. The second kappa shape index (κ2) is 5.05. The van der Waals surface area contributed by atoms with Crippen molar-refractivity contribution >= 4 is 17.3 Å². The molecule has 22 heavy (non-hydrogen) atoms. The lowest BCUT2D eigenvalue weighted by Crippen LogP contribution is -2.49. The van der Waals surface area contributed by atoms with E-state index < -0.39 is 0 Å². The van der Waals surface area contributed by atoms with Gasteiger partial charge >= 0.3 is 0 Å². The first-order valence-corrected chi connectivity index (χ1v) is 7.54. The van der Waals surface area contributed by atoms with Crippen LogP contribution in [-0.4, -0.2) is 32.3 Å². The molecule has 0 amide bonds. The molecule has 2 aliphatic heterocycles. The van der Waals surface area contributed by atoms with Crippen LogP contribution in [-0.2, 0) is 4.74 Å². The van der Waals surface area contributed by atoms with Crippen LogP contribution in [0, 0.1) is 0 Å². The molecule has 2 aliphatic rings. The summed E-state index contributed by atoms with van der Waals surface area (Å²) in [4.78, 5) is 7.10. The SMILES string of the molecule is COC1=N[C@@H]2Nc3ccccc3N(C)[C@@H]2[C@H]1c1ccccc1. The summed E-state index contributed by atoms with van der Waals surface area (Å²) in [6, 6.07) is 19.0. The standard InChI is InChI=1S/C18H19N3O/c1-21-14-11-7-6-10-13(14)19-17-16(21)15(18(20-17)22-2)12-8-4-3-5-9-12/h3-11,15-17,19H,1-2H3/t15-,16-,17+/m1/s1. The van der Waals surface area contributed by atoms with Crippen LogP contribution in [0.15, 0.2) is 59.6 Å². The highest BCUT2D eigenvalue weighted by atomic mass is 16.5. The Bertz CT molecular complexity index is 713. The van der Waals surface area contributed by atoms with Gasteiger partial charge in [-0.15, -0.1) is 0 Å². The van der Waals surface area contributed by atoms with Gasteiger partial charge in [-0.1, -0.05) is 42.5 Å². The highest BCUT2D eigenvalue weighted by molar-refractivity contribution is 5.90. The van der Waals surface area contributed by atoms with Crippen LogP contribution < -0.4 is 10.2 Å². The van der Waals surface area contributed by atoms with E-state index in [2.05, 4.69) is 59.7 Å².